The summed E-state index contributed by atoms with van der Waals surface area (Å²) in [6.07, 6.45) is -1.03. The van der Waals surface area contributed by atoms with Crippen molar-refractivity contribution in [2.75, 3.05) is 6.54 Å². The van der Waals surface area contributed by atoms with Crippen LogP contribution in [0.5, 0.6) is 0 Å². The molecule has 1 aliphatic rings. The Bertz CT molecular complexity index is 1390. The van der Waals surface area contributed by atoms with Gasteiger partial charge in [-0.25, -0.2) is 0 Å². The smallest absolute Gasteiger partial charge is 0.274 e. The molecule has 8 nitrogen and oxygen atoms in total. The number of hydrogen-bond acceptors (Lipinski definition) is 5. The van der Waals surface area contributed by atoms with Crippen LogP contribution in [-0.2, 0) is 6.54 Å². The summed E-state index contributed by atoms with van der Waals surface area (Å²) in [5.41, 5.74) is 3.08. The Hall–Kier alpha value is -4.04. The molecule has 0 fully saturated rings. The van der Waals surface area contributed by atoms with Crippen LogP contribution in [0.2, 0.25) is 0 Å². The molecule has 0 saturated carbocycles. The maximum Gasteiger partial charge on any atom is 0.274 e. The minimum absolute atomic E-state index is 0.0863. The average molecular weight is 428 g/mol. The summed E-state index contributed by atoms with van der Waals surface area (Å²) in [5.74, 6) is -0.829. The highest BCUT2D eigenvalue weighted by atomic mass is 16.3. The first kappa shape index (κ1) is 19.9. The van der Waals surface area contributed by atoms with Gasteiger partial charge in [0.2, 0.25) is 0 Å². The maximum absolute atomic E-state index is 12.6. The van der Waals surface area contributed by atoms with Gasteiger partial charge in [0.15, 0.2) is 0 Å². The van der Waals surface area contributed by atoms with Crippen molar-refractivity contribution in [1.29, 1.82) is 0 Å². The number of hydrogen-bond donors (Lipinski definition) is 1. The van der Waals surface area contributed by atoms with Gasteiger partial charge in [0.1, 0.15) is 5.65 Å². The highest BCUT2D eigenvalue weighted by Crippen LogP contribution is 2.23. The molecule has 0 spiro atoms. The van der Waals surface area contributed by atoms with Gasteiger partial charge in [-0.3, -0.25) is 19.3 Å². The number of benzene rings is 2. The van der Waals surface area contributed by atoms with E-state index >= 15 is 0 Å². The third kappa shape index (κ3) is 3.21. The Balaban J connectivity index is 1.45. The Morgan fingerprint density at radius 2 is 1.50 bits per heavy atom. The topological polar surface area (TPSA) is 96.9 Å². The summed E-state index contributed by atoms with van der Waals surface area (Å²) >= 11 is 0. The van der Waals surface area contributed by atoms with Crippen LogP contribution in [0.25, 0.3) is 16.9 Å². The molecule has 0 saturated heterocycles. The molecule has 32 heavy (non-hydrogen) atoms. The van der Waals surface area contributed by atoms with Crippen molar-refractivity contribution in [3.63, 3.8) is 0 Å². The lowest BCUT2D eigenvalue weighted by molar-refractivity contribution is 0.0521. The number of rotatable bonds is 5. The molecule has 0 radical (unpaired) electrons. The molecular formula is C24H20N4O4. The number of carbonyl (C=O) groups excluding carboxylic acids is 2. The van der Waals surface area contributed by atoms with Crippen LogP contribution in [-0.4, -0.2) is 48.7 Å². The first-order chi connectivity index (χ1) is 15.4. The van der Waals surface area contributed by atoms with E-state index in [0.717, 1.165) is 10.5 Å². The molecule has 2 aromatic carbocycles. The molecule has 8 heteroatoms. The van der Waals surface area contributed by atoms with E-state index < -0.39 is 17.9 Å². The summed E-state index contributed by atoms with van der Waals surface area (Å²) in [4.78, 5) is 38.8. The van der Waals surface area contributed by atoms with Crippen LogP contribution < -0.4 is 5.56 Å². The fourth-order valence-electron chi connectivity index (χ4n) is 4.10. The number of β-amino-alcohol motifs (C(OH)–C–C–N with tert-alkyl or cyclic N) is 1. The van der Waals surface area contributed by atoms with Crippen molar-refractivity contribution in [3.8, 4) is 11.3 Å². The number of aryl methyl sites for hydroxylation is 1. The highest BCUT2D eigenvalue weighted by molar-refractivity contribution is 6.21. The van der Waals surface area contributed by atoms with Crippen LogP contribution in [0.1, 0.15) is 26.4 Å². The summed E-state index contributed by atoms with van der Waals surface area (Å²) in [5, 5.41) is 15.2. The molecule has 5 rings (SSSR count). The minimum atomic E-state index is -1.03. The summed E-state index contributed by atoms with van der Waals surface area (Å²) in [7, 11) is 0. The molecule has 4 aromatic rings. The van der Waals surface area contributed by atoms with Crippen LogP contribution in [0.15, 0.2) is 71.5 Å². The number of fused-ring (bicyclic) bond motifs is 2. The van der Waals surface area contributed by atoms with Crippen molar-refractivity contribution in [2.24, 2.45) is 0 Å². The summed E-state index contributed by atoms with van der Waals surface area (Å²) in [6.45, 7) is 1.71. The van der Waals surface area contributed by atoms with Gasteiger partial charge in [0.05, 0.1) is 36.0 Å². The van der Waals surface area contributed by atoms with Crippen LogP contribution >= 0.6 is 0 Å². The molecule has 2 aromatic heterocycles. The van der Waals surface area contributed by atoms with Crippen LogP contribution in [0.4, 0.5) is 0 Å². The minimum Gasteiger partial charge on any atom is -0.389 e. The zero-order valence-corrected chi connectivity index (χ0v) is 17.3. The van der Waals surface area contributed by atoms with E-state index in [4.69, 9.17) is 0 Å². The normalized spacial score (nSPS) is 14.2. The van der Waals surface area contributed by atoms with E-state index in [2.05, 4.69) is 5.10 Å². The lowest BCUT2D eigenvalue weighted by Gasteiger charge is -2.21. The maximum atomic E-state index is 12.6. The number of aliphatic hydroxyl groups is 1. The van der Waals surface area contributed by atoms with Gasteiger partial charge in [0, 0.05) is 23.4 Å². The summed E-state index contributed by atoms with van der Waals surface area (Å²) < 4.78 is 3.06. The van der Waals surface area contributed by atoms with E-state index in [-0.39, 0.29) is 18.6 Å². The van der Waals surface area contributed by atoms with Gasteiger partial charge >= 0.3 is 0 Å². The molecule has 1 atom stereocenters. The molecule has 2 amide bonds. The molecule has 1 N–H and O–H groups in total. The number of imide groups is 1. The van der Waals surface area contributed by atoms with E-state index in [1.54, 1.807) is 41.8 Å². The number of aromatic nitrogens is 3. The second-order valence-corrected chi connectivity index (χ2v) is 7.82. The fourth-order valence-corrected chi connectivity index (χ4v) is 4.10. The number of nitrogens with zero attached hydrogens (tertiary/aromatic N) is 4. The Labute approximate surface area is 183 Å². The van der Waals surface area contributed by atoms with E-state index in [1.165, 1.54) is 10.6 Å². The van der Waals surface area contributed by atoms with Gasteiger partial charge in [-0.15, -0.1) is 0 Å². The van der Waals surface area contributed by atoms with Crippen molar-refractivity contribution < 1.29 is 14.7 Å². The molecule has 0 unspecified atom stereocenters. The number of aliphatic hydroxyl groups excluding tert-OH is 1. The largest absolute Gasteiger partial charge is 0.389 e. The van der Waals surface area contributed by atoms with Crippen LogP contribution in [0.3, 0.4) is 0 Å². The Morgan fingerprint density at radius 1 is 0.875 bits per heavy atom. The molecule has 0 aliphatic carbocycles. The van der Waals surface area contributed by atoms with Crippen molar-refractivity contribution in [1.82, 2.24) is 19.1 Å². The second-order valence-electron chi connectivity index (χ2n) is 7.82. The van der Waals surface area contributed by atoms with Crippen molar-refractivity contribution >= 4 is 17.5 Å². The van der Waals surface area contributed by atoms with Crippen molar-refractivity contribution in [2.45, 2.75) is 19.6 Å². The molecular weight excluding hydrogens is 408 g/mol. The fraction of sp³-hybridized carbons (Fsp3) is 0.167. The van der Waals surface area contributed by atoms with Crippen molar-refractivity contribution in [3.05, 3.63) is 93.9 Å². The van der Waals surface area contributed by atoms with Crippen LogP contribution in [0, 0.1) is 6.92 Å². The lowest BCUT2D eigenvalue weighted by Crippen LogP contribution is -2.39. The first-order valence-electron chi connectivity index (χ1n) is 10.2. The molecule has 0 bridgehead atoms. The third-order valence-corrected chi connectivity index (χ3v) is 5.67. The monoisotopic (exact) mass is 428 g/mol. The Kier molecular flexibility index (Phi) is 4.71. The SMILES string of the molecule is Cc1cc(=O)n2nc(-c3ccccc3)cc2n1C[C@@H](O)CN1C(=O)c2ccccc2C1=O. The molecule has 1 aliphatic heterocycles. The van der Waals surface area contributed by atoms with Gasteiger partial charge < -0.3 is 9.67 Å². The second kappa shape index (κ2) is 7.58. The predicted molar refractivity (Wildman–Crippen MR) is 117 cm³/mol. The zero-order valence-electron chi connectivity index (χ0n) is 17.3. The third-order valence-electron chi connectivity index (χ3n) is 5.67. The standard InChI is InChI=1S/C24H20N4O4/c1-15-11-22(30)28-21(12-20(25-28)16-7-3-2-4-8-16)26(15)13-17(29)14-27-23(31)18-9-5-6-10-19(18)24(27)32/h2-12,17,29H,13-14H2,1H3/t17-/m1/s1. The molecule has 160 valence electrons. The van der Waals surface area contributed by atoms with Gasteiger partial charge in [-0.05, 0) is 19.1 Å². The average Bonchev–Trinajstić information content (AvgIpc) is 3.34. The quantitative estimate of drug-likeness (QED) is 0.491. The van der Waals surface area contributed by atoms with E-state index in [0.29, 0.717) is 28.2 Å². The van der Waals surface area contributed by atoms with E-state index in [1.807, 2.05) is 30.3 Å². The first-order valence-corrected chi connectivity index (χ1v) is 10.2. The van der Waals surface area contributed by atoms with E-state index in [9.17, 15) is 19.5 Å². The molecule has 3 heterocycles. The van der Waals surface area contributed by atoms with Gasteiger partial charge in [-0.1, -0.05) is 42.5 Å². The predicted octanol–water partition coefficient (Wildman–Crippen LogP) is 2.13. The van der Waals surface area contributed by atoms with Gasteiger partial charge in [-0.2, -0.15) is 9.61 Å². The van der Waals surface area contributed by atoms with Gasteiger partial charge in [0.25, 0.3) is 17.4 Å². The number of amides is 2. The summed E-state index contributed by atoms with van der Waals surface area (Å²) in [6, 6.07) is 19.3. The Morgan fingerprint density at radius 3 is 2.16 bits per heavy atom. The number of carbonyl (C=O) groups is 2. The highest BCUT2D eigenvalue weighted by Gasteiger charge is 2.36. The lowest BCUT2D eigenvalue weighted by atomic mass is 10.1. The zero-order chi connectivity index (χ0) is 22.4.